The van der Waals surface area contributed by atoms with Crippen LogP contribution in [0.3, 0.4) is 0 Å². The Balaban J connectivity index is 1.65. The molecule has 6 heteroatoms. The largest absolute Gasteiger partial charge is 0.376 e. The lowest BCUT2D eigenvalue weighted by atomic mass is 9.99. The molecule has 0 bridgehead atoms. The van der Waals surface area contributed by atoms with Crippen LogP contribution in [0.5, 0.6) is 0 Å². The quantitative estimate of drug-likeness (QED) is 0.333. The molecule has 0 saturated carbocycles. The molecule has 0 aliphatic carbocycles. The number of hydrogen-bond donors (Lipinski definition) is 0. The van der Waals surface area contributed by atoms with E-state index in [4.69, 9.17) is 9.72 Å². The molecule has 156 valence electrons. The van der Waals surface area contributed by atoms with Crippen molar-refractivity contribution in [2.24, 2.45) is 0 Å². The summed E-state index contributed by atoms with van der Waals surface area (Å²) in [6.07, 6.45) is 1.96. The van der Waals surface area contributed by atoms with Crippen molar-refractivity contribution in [1.29, 1.82) is 0 Å². The van der Waals surface area contributed by atoms with Crippen molar-refractivity contribution in [2.45, 2.75) is 51.4 Å². The third-order valence-corrected chi connectivity index (χ3v) is 6.69. The lowest BCUT2D eigenvalue weighted by Gasteiger charge is -2.16. The van der Waals surface area contributed by atoms with Gasteiger partial charge in [-0.25, -0.2) is 4.98 Å². The minimum Gasteiger partial charge on any atom is -0.376 e. The SMILES string of the molecule is Cc1cc(C)c(C(=O)CSc2nc3ccccc3c(=O)n2C[C@H]2CCCO2)cc1C. The number of Topliss-reactive ketones (excluding diaryl/α,β-unsaturated/α-hetero) is 1. The summed E-state index contributed by atoms with van der Waals surface area (Å²) < 4.78 is 7.43. The Labute approximate surface area is 180 Å². The fourth-order valence-electron chi connectivity index (χ4n) is 3.88. The van der Waals surface area contributed by atoms with Crippen molar-refractivity contribution in [1.82, 2.24) is 9.55 Å². The van der Waals surface area contributed by atoms with Crippen LogP contribution in [0.25, 0.3) is 10.9 Å². The number of hydrogen-bond acceptors (Lipinski definition) is 5. The van der Waals surface area contributed by atoms with Crippen molar-refractivity contribution >= 4 is 28.4 Å². The molecule has 1 atom stereocenters. The highest BCUT2D eigenvalue weighted by Crippen LogP contribution is 2.23. The van der Waals surface area contributed by atoms with Gasteiger partial charge in [-0.2, -0.15) is 0 Å². The third-order valence-electron chi connectivity index (χ3n) is 5.71. The summed E-state index contributed by atoms with van der Waals surface area (Å²) >= 11 is 1.33. The molecule has 0 amide bonds. The summed E-state index contributed by atoms with van der Waals surface area (Å²) in [5.74, 6) is 0.284. The van der Waals surface area contributed by atoms with Crippen LogP contribution in [0, 0.1) is 20.8 Å². The zero-order valence-electron chi connectivity index (χ0n) is 17.6. The van der Waals surface area contributed by atoms with E-state index in [9.17, 15) is 9.59 Å². The highest BCUT2D eigenvalue weighted by atomic mass is 32.2. The van der Waals surface area contributed by atoms with Gasteiger partial charge in [-0.1, -0.05) is 30.0 Å². The van der Waals surface area contributed by atoms with Crippen LogP contribution in [0.2, 0.25) is 0 Å². The first-order valence-corrected chi connectivity index (χ1v) is 11.3. The van der Waals surface area contributed by atoms with Gasteiger partial charge in [0.2, 0.25) is 0 Å². The maximum atomic E-state index is 13.2. The Bertz CT molecular complexity index is 1160. The molecule has 0 radical (unpaired) electrons. The Morgan fingerprint density at radius 2 is 1.93 bits per heavy atom. The number of benzene rings is 2. The number of nitrogens with zero attached hydrogens (tertiary/aromatic N) is 2. The first kappa shape index (κ1) is 20.8. The maximum absolute atomic E-state index is 13.2. The van der Waals surface area contributed by atoms with Crippen LogP contribution in [0.1, 0.15) is 39.9 Å². The highest BCUT2D eigenvalue weighted by Gasteiger charge is 2.21. The molecule has 0 N–H and O–H groups in total. The van der Waals surface area contributed by atoms with Crippen LogP contribution in [-0.2, 0) is 11.3 Å². The topological polar surface area (TPSA) is 61.2 Å². The summed E-state index contributed by atoms with van der Waals surface area (Å²) in [5.41, 5.74) is 4.58. The smallest absolute Gasteiger partial charge is 0.262 e. The monoisotopic (exact) mass is 422 g/mol. The second-order valence-electron chi connectivity index (χ2n) is 7.93. The number of aryl methyl sites for hydroxylation is 3. The van der Waals surface area contributed by atoms with Crippen molar-refractivity contribution < 1.29 is 9.53 Å². The predicted molar refractivity (Wildman–Crippen MR) is 121 cm³/mol. The van der Waals surface area contributed by atoms with E-state index in [2.05, 4.69) is 6.07 Å². The van der Waals surface area contributed by atoms with E-state index in [0.717, 1.165) is 36.1 Å². The van der Waals surface area contributed by atoms with Crippen molar-refractivity contribution in [3.05, 3.63) is 69.0 Å². The van der Waals surface area contributed by atoms with Crippen LogP contribution in [0.15, 0.2) is 46.3 Å². The Hall–Kier alpha value is -2.44. The van der Waals surface area contributed by atoms with Gasteiger partial charge in [0, 0.05) is 12.2 Å². The van der Waals surface area contributed by atoms with Gasteiger partial charge in [-0.3, -0.25) is 14.2 Å². The number of aromatic nitrogens is 2. The zero-order chi connectivity index (χ0) is 21.3. The number of carbonyl (C=O) groups is 1. The van der Waals surface area contributed by atoms with Crippen LogP contribution in [0.4, 0.5) is 0 Å². The first-order valence-electron chi connectivity index (χ1n) is 10.3. The molecule has 4 rings (SSSR count). The van der Waals surface area contributed by atoms with Gasteiger partial charge >= 0.3 is 0 Å². The van der Waals surface area contributed by atoms with Crippen LogP contribution >= 0.6 is 11.8 Å². The standard InChI is InChI=1S/C24H26N2O3S/c1-15-11-17(3)20(12-16(15)2)22(27)14-30-24-25-21-9-5-4-8-19(21)23(28)26(24)13-18-7-6-10-29-18/h4-5,8-9,11-12,18H,6-7,10,13-14H2,1-3H3/t18-/m1/s1. The summed E-state index contributed by atoms with van der Waals surface area (Å²) in [6, 6.07) is 11.4. The Morgan fingerprint density at radius 3 is 2.70 bits per heavy atom. The van der Waals surface area contributed by atoms with Crippen LogP contribution < -0.4 is 5.56 Å². The summed E-state index contributed by atoms with van der Waals surface area (Å²) in [4.78, 5) is 30.8. The normalized spacial score (nSPS) is 16.3. The minimum atomic E-state index is -0.0755. The lowest BCUT2D eigenvalue weighted by Crippen LogP contribution is -2.29. The van der Waals surface area contributed by atoms with E-state index >= 15 is 0 Å². The third kappa shape index (κ3) is 4.20. The second-order valence-corrected chi connectivity index (χ2v) is 8.87. The molecule has 0 spiro atoms. The molecule has 2 aromatic carbocycles. The van der Waals surface area contributed by atoms with E-state index in [1.165, 1.54) is 17.3 Å². The molecule has 30 heavy (non-hydrogen) atoms. The van der Waals surface area contributed by atoms with Gasteiger partial charge in [0.1, 0.15) is 0 Å². The van der Waals surface area contributed by atoms with E-state index in [1.807, 2.05) is 45.0 Å². The lowest BCUT2D eigenvalue weighted by molar-refractivity contribution is 0.0937. The van der Waals surface area contributed by atoms with Gasteiger partial charge in [-0.15, -0.1) is 0 Å². The van der Waals surface area contributed by atoms with E-state index in [1.54, 1.807) is 10.6 Å². The highest BCUT2D eigenvalue weighted by molar-refractivity contribution is 7.99. The minimum absolute atomic E-state index is 0.0164. The van der Waals surface area contributed by atoms with Crippen molar-refractivity contribution in [3.63, 3.8) is 0 Å². The van der Waals surface area contributed by atoms with Gasteiger partial charge in [0.25, 0.3) is 5.56 Å². The number of ether oxygens (including phenoxy) is 1. The number of rotatable bonds is 6. The van der Waals surface area contributed by atoms with Crippen molar-refractivity contribution in [3.8, 4) is 0 Å². The molecule has 1 fully saturated rings. The van der Waals surface area contributed by atoms with E-state index in [-0.39, 0.29) is 23.2 Å². The maximum Gasteiger partial charge on any atom is 0.262 e. The molecule has 5 nitrogen and oxygen atoms in total. The molecule has 1 saturated heterocycles. The average molecular weight is 423 g/mol. The fraction of sp³-hybridized carbons (Fsp3) is 0.375. The molecule has 1 aliphatic rings. The molecule has 2 heterocycles. The number of thioether (sulfide) groups is 1. The summed E-state index contributed by atoms with van der Waals surface area (Å²) in [6.45, 7) is 7.23. The molecular formula is C24H26N2O3S. The van der Waals surface area contributed by atoms with Crippen LogP contribution in [-0.4, -0.2) is 33.8 Å². The summed E-state index contributed by atoms with van der Waals surface area (Å²) in [5, 5.41) is 1.17. The predicted octanol–water partition coefficient (Wildman–Crippen LogP) is 4.48. The first-order chi connectivity index (χ1) is 14.4. The van der Waals surface area contributed by atoms with Gasteiger partial charge in [0.05, 0.1) is 29.3 Å². The number of carbonyl (C=O) groups excluding carboxylic acids is 1. The van der Waals surface area contributed by atoms with Crippen molar-refractivity contribution in [2.75, 3.05) is 12.4 Å². The molecular weight excluding hydrogens is 396 g/mol. The van der Waals surface area contributed by atoms with Gasteiger partial charge < -0.3 is 4.74 Å². The molecule has 1 aliphatic heterocycles. The summed E-state index contributed by atoms with van der Waals surface area (Å²) in [7, 11) is 0. The Kier molecular flexibility index (Phi) is 6.06. The second kappa shape index (κ2) is 8.74. The zero-order valence-corrected chi connectivity index (χ0v) is 18.4. The number of para-hydroxylation sites is 1. The molecule has 0 unspecified atom stereocenters. The van der Waals surface area contributed by atoms with Gasteiger partial charge in [0.15, 0.2) is 10.9 Å². The molecule has 3 aromatic rings. The molecule has 1 aromatic heterocycles. The number of fused-ring (bicyclic) bond motifs is 1. The number of ketones is 1. The average Bonchev–Trinajstić information content (AvgIpc) is 3.24. The fourth-order valence-corrected chi connectivity index (χ4v) is 4.77. The van der Waals surface area contributed by atoms with E-state index in [0.29, 0.717) is 22.6 Å². The van der Waals surface area contributed by atoms with Gasteiger partial charge in [-0.05, 0) is 68.5 Å². The van der Waals surface area contributed by atoms with E-state index < -0.39 is 0 Å². The Morgan fingerprint density at radius 1 is 1.17 bits per heavy atom.